The van der Waals surface area contributed by atoms with Crippen LogP contribution in [0, 0.1) is 0 Å². The number of azo groups is 1. The number of sulfonamides is 1. The Morgan fingerprint density at radius 2 is 1.56 bits per heavy atom. The van der Waals surface area contributed by atoms with E-state index in [2.05, 4.69) is 26.9 Å². The number of Topliss-reactive ketones (excluding diaryl/α,β-unsaturated/α-hetero) is 1. The second-order valence-corrected chi connectivity index (χ2v) is 10.1. The molecule has 208 valence electrons. The van der Waals surface area contributed by atoms with E-state index in [-0.39, 0.29) is 33.8 Å². The van der Waals surface area contributed by atoms with E-state index in [4.69, 9.17) is 4.74 Å². The SMILES string of the molecule is CC.CCCCCCCC(=O)Oc1ccc(N=Nc2ccc(S(=O)(=O)Nc3ccccn3)cc2)cc1C(C)=O. The van der Waals surface area contributed by atoms with Crippen molar-refractivity contribution in [1.29, 1.82) is 0 Å². The van der Waals surface area contributed by atoms with Crippen LogP contribution in [-0.4, -0.2) is 25.2 Å². The van der Waals surface area contributed by atoms with E-state index < -0.39 is 10.0 Å². The largest absolute Gasteiger partial charge is 0.426 e. The van der Waals surface area contributed by atoms with Gasteiger partial charge in [-0.3, -0.25) is 14.3 Å². The van der Waals surface area contributed by atoms with Gasteiger partial charge in [-0.1, -0.05) is 52.5 Å². The number of anilines is 1. The van der Waals surface area contributed by atoms with Gasteiger partial charge in [0.25, 0.3) is 10.0 Å². The van der Waals surface area contributed by atoms with Crippen molar-refractivity contribution in [3.63, 3.8) is 0 Å². The Bertz CT molecular complexity index is 1340. The van der Waals surface area contributed by atoms with Gasteiger partial charge in [0.2, 0.25) is 0 Å². The Labute approximate surface area is 230 Å². The number of ketones is 1. The van der Waals surface area contributed by atoms with Crippen LogP contribution >= 0.6 is 0 Å². The first-order valence-corrected chi connectivity index (χ1v) is 14.6. The van der Waals surface area contributed by atoms with Crippen LogP contribution in [0.3, 0.4) is 0 Å². The van der Waals surface area contributed by atoms with Gasteiger partial charge in [0, 0.05) is 12.6 Å². The van der Waals surface area contributed by atoms with E-state index in [0.717, 1.165) is 32.1 Å². The highest BCUT2D eigenvalue weighted by Gasteiger charge is 2.15. The minimum Gasteiger partial charge on any atom is -0.426 e. The summed E-state index contributed by atoms with van der Waals surface area (Å²) in [6.07, 6.45) is 6.87. The Hall–Kier alpha value is -3.92. The van der Waals surface area contributed by atoms with Crippen LogP contribution < -0.4 is 9.46 Å². The molecule has 0 saturated heterocycles. The van der Waals surface area contributed by atoms with Crippen LogP contribution in [-0.2, 0) is 14.8 Å². The Morgan fingerprint density at radius 1 is 0.897 bits per heavy atom. The molecule has 9 nitrogen and oxygen atoms in total. The lowest BCUT2D eigenvalue weighted by atomic mass is 10.1. The summed E-state index contributed by atoms with van der Waals surface area (Å²) in [5.41, 5.74) is 1.04. The maximum Gasteiger partial charge on any atom is 0.311 e. The number of unbranched alkanes of at least 4 members (excludes halogenated alkanes) is 4. The van der Waals surface area contributed by atoms with Crippen LogP contribution in [0.15, 0.2) is 82.0 Å². The van der Waals surface area contributed by atoms with Crippen molar-refractivity contribution < 1.29 is 22.7 Å². The lowest BCUT2D eigenvalue weighted by Crippen LogP contribution is -2.13. The number of nitrogens with zero attached hydrogens (tertiary/aromatic N) is 3. The molecule has 2 aromatic carbocycles. The fourth-order valence-corrected chi connectivity index (χ4v) is 4.43. The van der Waals surface area contributed by atoms with Crippen molar-refractivity contribution >= 4 is 39.0 Å². The molecule has 0 spiro atoms. The van der Waals surface area contributed by atoms with Gasteiger partial charge in [-0.15, -0.1) is 0 Å². The molecule has 3 rings (SSSR count). The highest BCUT2D eigenvalue weighted by atomic mass is 32.2. The Kier molecular flexibility index (Phi) is 12.9. The highest BCUT2D eigenvalue weighted by molar-refractivity contribution is 7.92. The van der Waals surface area contributed by atoms with Crippen molar-refractivity contribution in [3.05, 3.63) is 72.4 Å². The number of aromatic nitrogens is 1. The number of pyridine rings is 1. The van der Waals surface area contributed by atoms with Crippen molar-refractivity contribution in [1.82, 2.24) is 4.98 Å². The first-order chi connectivity index (χ1) is 18.8. The molecule has 0 aliphatic rings. The van der Waals surface area contributed by atoms with E-state index in [1.807, 2.05) is 13.8 Å². The molecule has 0 amide bonds. The molecule has 10 heteroatoms. The van der Waals surface area contributed by atoms with Gasteiger partial charge >= 0.3 is 5.97 Å². The van der Waals surface area contributed by atoms with Gasteiger partial charge in [0.05, 0.1) is 21.8 Å². The topological polar surface area (TPSA) is 127 Å². The number of benzene rings is 2. The van der Waals surface area contributed by atoms with Gasteiger partial charge in [0.15, 0.2) is 5.78 Å². The molecule has 0 atom stereocenters. The summed E-state index contributed by atoms with van der Waals surface area (Å²) in [6.45, 7) is 7.52. The second-order valence-electron chi connectivity index (χ2n) is 8.39. The number of esters is 1. The summed E-state index contributed by atoms with van der Waals surface area (Å²) in [5.74, 6) is -0.229. The van der Waals surface area contributed by atoms with Crippen molar-refractivity contribution in [2.75, 3.05) is 4.72 Å². The molecule has 0 aliphatic carbocycles. The molecule has 0 fully saturated rings. The zero-order chi connectivity index (χ0) is 28.7. The zero-order valence-corrected chi connectivity index (χ0v) is 23.7. The molecule has 3 aromatic rings. The van der Waals surface area contributed by atoms with Gasteiger partial charge in [-0.2, -0.15) is 10.2 Å². The minimum atomic E-state index is -3.80. The fraction of sp³-hybridized carbons (Fsp3) is 0.345. The van der Waals surface area contributed by atoms with Gasteiger partial charge in [-0.05, 0) is 67.9 Å². The number of hydrogen-bond donors (Lipinski definition) is 1. The summed E-state index contributed by atoms with van der Waals surface area (Å²) in [4.78, 5) is 28.3. The van der Waals surface area contributed by atoms with Crippen molar-refractivity contribution in [2.24, 2.45) is 10.2 Å². The molecule has 0 unspecified atom stereocenters. The highest BCUT2D eigenvalue weighted by Crippen LogP contribution is 2.28. The quantitative estimate of drug-likeness (QED) is 0.0758. The van der Waals surface area contributed by atoms with E-state index in [0.29, 0.717) is 17.8 Å². The van der Waals surface area contributed by atoms with E-state index >= 15 is 0 Å². The van der Waals surface area contributed by atoms with Crippen LogP contribution in [0.4, 0.5) is 17.2 Å². The molecular formula is C29H36N4O5S. The first-order valence-electron chi connectivity index (χ1n) is 13.1. The van der Waals surface area contributed by atoms with Crippen molar-refractivity contribution in [2.45, 2.75) is 71.1 Å². The number of rotatable bonds is 13. The standard InChI is InChI=1S/C27H30N4O5S.C2H6/c1-3-4-5-6-7-11-27(33)36-25-17-14-22(19-24(25)20(2)32)30-29-21-12-15-23(16-13-21)37(34,35)31-26-10-8-9-18-28-26;1-2/h8-10,12-19H,3-7,11H2,1-2H3,(H,28,31);1-2H3. The fourth-order valence-electron chi connectivity index (χ4n) is 3.42. The molecule has 1 N–H and O–H groups in total. The Balaban J connectivity index is 0.00000260. The molecule has 0 radical (unpaired) electrons. The predicted octanol–water partition coefficient (Wildman–Crippen LogP) is 7.79. The summed E-state index contributed by atoms with van der Waals surface area (Å²) in [5, 5.41) is 8.25. The summed E-state index contributed by atoms with van der Waals surface area (Å²) in [7, 11) is -3.80. The van der Waals surface area contributed by atoms with Gasteiger partial charge in [0.1, 0.15) is 11.6 Å². The maximum atomic E-state index is 12.5. The van der Waals surface area contributed by atoms with E-state index in [1.165, 1.54) is 49.5 Å². The average Bonchev–Trinajstić information content (AvgIpc) is 2.94. The maximum absolute atomic E-state index is 12.5. The molecule has 0 saturated carbocycles. The molecule has 39 heavy (non-hydrogen) atoms. The summed E-state index contributed by atoms with van der Waals surface area (Å²) >= 11 is 0. The number of ether oxygens (including phenoxy) is 1. The smallest absolute Gasteiger partial charge is 0.311 e. The number of carbonyl (C=O) groups excluding carboxylic acids is 2. The van der Waals surface area contributed by atoms with Gasteiger partial charge < -0.3 is 4.74 Å². The lowest BCUT2D eigenvalue weighted by molar-refractivity contribution is -0.134. The first kappa shape index (κ1) is 31.3. The lowest BCUT2D eigenvalue weighted by Gasteiger charge is -2.09. The summed E-state index contributed by atoms with van der Waals surface area (Å²) < 4.78 is 32.9. The minimum absolute atomic E-state index is 0.0486. The number of hydrogen-bond acceptors (Lipinski definition) is 8. The van der Waals surface area contributed by atoms with Crippen molar-refractivity contribution in [3.8, 4) is 5.75 Å². The zero-order valence-electron chi connectivity index (χ0n) is 22.9. The third kappa shape index (κ3) is 10.4. The monoisotopic (exact) mass is 552 g/mol. The molecule has 1 heterocycles. The third-order valence-electron chi connectivity index (χ3n) is 5.38. The van der Waals surface area contributed by atoms with E-state index in [9.17, 15) is 18.0 Å². The Morgan fingerprint density at radius 3 is 2.21 bits per heavy atom. The second kappa shape index (κ2) is 16.1. The number of carbonyl (C=O) groups is 2. The molecule has 1 aromatic heterocycles. The number of nitrogens with one attached hydrogen (secondary N) is 1. The van der Waals surface area contributed by atoms with Crippen LogP contribution in [0.2, 0.25) is 0 Å². The molecular weight excluding hydrogens is 516 g/mol. The average molecular weight is 553 g/mol. The van der Waals surface area contributed by atoms with Crippen LogP contribution in [0.25, 0.3) is 0 Å². The normalized spacial score (nSPS) is 11.0. The van der Waals surface area contributed by atoms with Crippen LogP contribution in [0.1, 0.15) is 76.6 Å². The summed E-state index contributed by atoms with van der Waals surface area (Å²) in [6, 6.07) is 15.4. The predicted molar refractivity (Wildman–Crippen MR) is 152 cm³/mol. The van der Waals surface area contributed by atoms with Crippen LogP contribution in [0.5, 0.6) is 5.75 Å². The third-order valence-corrected chi connectivity index (χ3v) is 6.75. The molecule has 0 aliphatic heterocycles. The van der Waals surface area contributed by atoms with Gasteiger partial charge in [-0.25, -0.2) is 13.4 Å². The van der Waals surface area contributed by atoms with E-state index in [1.54, 1.807) is 24.3 Å². The molecule has 0 bridgehead atoms.